The second kappa shape index (κ2) is 9.09. The number of nitrogens with one attached hydrogen (secondary N) is 2. The molecule has 0 atom stereocenters. The maximum Gasteiger partial charge on any atom is 0.0587 e. The molecule has 102 valence electrons. The molecule has 0 saturated heterocycles. The number of methoxy groups -OCH3 is 1. The van der Waals surface area contributed by atoms with Crippen LogP contribution in [0, 0.1) is 13.8 Å². The van der Waals surface area contributed by atoms with Crippen molar-refractivity contribution in [2.24, 2.45) is 0 Å². The molecule has 0 unspecified atom stereocenters. The van der Waals surface area contributed by atoms with Gasteiger partial charge < -0.3 is 15.4 Å². The summed E-state index contributed by atoms with van der Waals surface area (Å²) < 4.78 is 4.97. The molecule has 2 N–H and O–H groups in total. The van der Waals surface area contributed by atoms with E-state index >= 15 is 0 Å². The Hall–Kier alpha value is -0.900. The van der Waals surface area contributed by atoms with Gasteiger partial charge in [0.25, 0.3) is 0 Å². The molecule has 0 radical (unpaired) electrons. The van der Waals surface area contributed by atoms with Crippen LogP contribution < -0.4 is 10.6 Å². The van der Waals surface area contributed by atoms with Crippen LogP contribution in [0.3, 0.4) is 0 Å². The summed E-state index contributed by atoms with van der Waals surface area (Å²) in [5.41, 5.74) is 4.06. The second-order valence-corrected chi connectivity index (χ2v) is 4.77. The second-order valence-electron chi connectivity index (χ2n) is 4.77. The monoisotopic (exact) mass is 250 g/mol. The Labute approximate surface area is 111 Å². The van der Waals surface area contributed by atoms with Gasteiger partial charge in [0.1, 0.15) is 0 Å². The van der Waals surface area contributed by atoms with Gasteiger partial charge in [0, 0.05) is 20.2 Å². The predicted octanol–water partition coefficient (Wildman–Crippen LogP) is 2.02. The Morgan fingerprint density at radius 1 is 0.944 bits per heavy atom. The van der Waals surface area contributed by atoms with E-state index in [2.05, 4.69) is 42.7 Å². The topological polar surface area (TPSA) is 33.3 Å². The minimum atomic E-state index is 0.788. The molecule has 0 aliphatic carbocycles. The van der Waals surface area contributed by atoms with Crippen LogP contribution in [0.25, 0.3) is 0 Å². The van der Waals surface area contributed by atoms with Crippen LogP contribution in [0.15, 0.2) is 18.2 Å². The first kappa shape index (κ1) is 15.2. The van der Waals surface area contributed by atoms with Gasteiger partial charge >= 0.3 is 0 Å². The summed E-state index contributed by atoms with van der Waals surface area (Å²) in [5.74, 6) is 0. The van der Waals surface area contributed by atoms with Crippen LogP contribution >= 0.6 is 0 Å². The van der Waals surface area contributed by atoms with E-state index in [1.165, 1.54) is 16.7 Å². The first-order chi connectivity index (χ1) is 8.72. The van der Waals surface area contributed by atoms with Crippen LogP contribution in [0.1, 0.15) is 23.1 Å². The van der Waals surface area contributed by atoms with Gasteiger partial charge in [-0.3, -0.25) is 0 Å². The molecule has 0 saturated carbocycles. The Kier molecular flexibility index (Phi) is 7.65. The first-order valence-corrected chi connectivity index (χ1v) is 6.70. The maximum absolute atomic E-state index is 4.97. The summed E-state index contributed by atoms with van der Waals surface area (Å²) in [6, 6.07) is 6.71. The average molecular weight is 250 g/mol. The molecule has 3 heteroatoms. The molecule has 0 heterocycles. The first-order valence-electron chi connectivity index (χ1n) is 6.70. The van der Waals surface area contributed by atoms with Gasteiger partial charge in [-0.1, -0.05) is 29.3 Å². The number of rotatable bonds is 9. The molecule has 0 aliphatic rings. The Balaban J connectivity index is 2.07. The van der Waals surface area contributed by atoms with Crippen molar-refractivity contribution in [3.63, 3.8) is 0 Å². The molecule has 1 aromatic rings. The van der Waals surface area contributed by atoms with Crippen molar-refractivity contribution in [1.29, 1.82) is 0 Å². The van der Waals surface area contributed by atoms with Crippen molar-refractivity contribution < 1.29 is 4.74 Å². The van der Waals surface area contributed by atoms with Crippen LogP contribution in [0.5, 0.6) is 0 Å². The fraction of sp³-hybridized carbons (Fsp3) is 0.600. The third-order valence-electron chi connectivity index (χ3n) is 2.80. The zero-order valence-electron chi connectivity index (χ0n) is 11.9. The number of hydrogen-bond acceptors (Lipinski definition) is 3. The van der Waals surface area contributed by atoms with Crippen LogP contribution in [0.2, 0.25) is 0 Å². The summed E-state index contributed by atoms with van der Waals surface area (Å²) in [6.07, 6.45) is 1.15. The minimum absolute atomic E-state index is 0.788. The van der Waals surface area contributed by atoms with Gasteiger partial charge in [-0.25, -0.2) is 0 Å². The van der Waals surface area contributed by atoms with E-state index in [1.54, 1.807) is 7.11 Å². The molecule has 0 amide bonds. The molecular weight excluding hydrogens is 224 g/mol. The lowest BCUT2D eigenvalue weighted by Gasteiger charge is -2.08. The van der Waals surface area contributed by atoms with E-state index in [9.17, 15) is 0 Å². The highest BCUT2D eigenvalue weighted by Gasteiger charge is 1.95. The van der Waals surface area contributed by atoms with Crippen molar-refractivity contribution >= 4 is 0 Å². The molecule has 3 nitrogen and oxygen atoms in total. The highest BCUT2D eigenvalue weighted by molar-refractivity contribution is 5.28. The van der Waals surface area contributed by atoms with E-state index in [0.29, 0.717) is 0 Å². The Morgan fingerprint density at radius 2 is 1.61 bits per heavy atom. The highest BCUT2D eigenvalue weighted by atomic mass is 16.5. The SMILES string of the molecule is COCCNCCCNCc1cc(C)cc(C)c1. The van der Waals surface area contributed by atoms with Gasteiger partial charge in [-0.15, -0.1) is 0 Å². The summed E-state index contributed by atoms with van der Waals surface area (Å²) in [6.45, 7) is 9.08. The van der Waals surface area contributed by atoms with E-state index in [0.717, 1.165) is 39.2 Å². The third-order valence-corrected chi connectivity index (χ3v) is 2.80. The summed E-state index contributed by atoms with van der Waals surface area (Å²) >= 11 is 0. The predicted molar refractivity (Wildman–Crippen MR) is 77.0 cm³/mol. The molecule has 0 bridgehead atoms. The molecule has 0 aliphatic heterocycles. The average Bonchev–Trinajstić information content (AvgIpc) is 2.31. The lowest BCUT2D eigenvalue weighted by Crippen LogP contribution is -2.24. The van der Waals surface area contributed by atoms with E-state index in [-0.39, 0.29) is 0 Å². The van der Waals surface area contributed by atoms with Crippen LogP contribution in [-0.4, -0.2) is 33.4 Å². The zero-order valence-corrected chi connectivity index (χ0v) is 11.9. The normalized spacial score (nSPS) is 10.8. The lowest BCUT2D eigenvalue weighted by atomic mass is 10.1. The van der Waals surface area contributed by atoms with Crippen molar-refractivity contribution in [3.05, 3.63) is 34.9 Å². The van der Waals surface area contributed by atoms with Gasteiger partial charge in [-0.05, 0) is 38.9 Å². The fourth-order valence-corrected chi connectivity index (χ4v) is 2.04. The minimum Gasteiger partial charge on any atom is -0.383 e. The van der Waals surface area contributed by atoms with Gasteiger partial charge in [0.2, 0.25) is 0 Å². The van der Waals surface area contributed by atoms with Crippen molar-refractivity contribution in [2.75, 3.05) is 33.4 Å². The van der Waals surface area contributed by atoms with Crippen LogP contribution in [0.4, 0.5) is 0 Å². The summed E-state index contributed by atoms with van der Waals surface area (Å²) in [7, 11) is 1.73. The molecule has 0 aromatic heterocycles. The fourth-order valence-electron chi connectivity index (χ4n) is 2.04. The van der Waals surface area contributed by atoms with Gasteiger partial charge in [-0.2, -0.15) is 0 Å². The molecule has 1 rings (SSSR count). The van der Waals surface area contributed by atoms with E-state index in [1.807, 2.05) is 0 Å². The molecule has 0 fully saturated rings. The number of hydrogen-bond donors (Lipinski definition) is 2. The lowest BCUT2D eigenvalue weighted by molar-refractivity contribution is 0.199. The highest BCUT2D eigenvalue weighted by Crippen LogP contribution is 2.08. The van der Waals surface area contributed by atoms with Crippen molar-refractivity contribution in [3.8, 4) is 0 Å². The molecule has 0 spiro atoms. The van der Waals surface area contributed by atoms with Crippen LogP contribution in [-0.2, 0) is 11.3 Å². The van der Waals surface area contributed by atoms with Gasteiger partial charge in [0.15, 0.2) is 0 Å². The Morgan fingerprint density at radius 3 is 2.28 bits per heavy atom. The number of ether oxygens (including phenoxy) is 1. The number of benzene rings is 1. The summed E-state index contributed by atoms with van der Waals surface area (Å²) in [5, 5.41) is 6.81. The van der Waals surface area contributed by atoms with E-state index in [4.69, 9.17) is 4.74 Å². The number of aryl methyl sites for hydroxylation is 2. The quantitative estimate of drug-likeness (QED) is 0.658. The zero-order chi connectivity index (χ0) is 13.2. The maximum atomic E-state index is 4.97. The molecule has 1 aromatic carbocycles. The smallest absolute Gasteiger partial charge is 0.0587 e. The molecular formula is C15H26N2O. The third kappa shape index (κ3) is 6.74. The summed E-state index contributed by atoms with van der Waals surface area (Å²) in [4.78, 5) is 0. The van der Waals surface area contributed by atoms with Crippen molar-refractivity contribution in [2.45, 2.75) is 26.8 Å². The molecule has 18 heavy (non-hydrogen) atoms. The van der Waals surface area contributed by atoms with Gasteiger partial charge in [0.05, 0.1) is 6.61 Å². The van der Waals surface area contributed by atoms with Crippen molar-refractivity contribution in [1.82, 2.24) is 10.6 Å². The Bertz CT molecular complexity index is 319. The largest absolute Gasteiger partial charge is 0.383 e. The van der Waals surface area contributed by atoms with E-state index < -0.39 is 0 Å². The standard InChI is InChI=1S/C15H26N2O/c1-13-9-14(2)11-15(10-13)12-17-6-4-5-16-7-8-18-3/h9-11,16-17H,4-8,12H2,1-3H3.